The number of benzene rings is 3. The molecular weight excluding hydrogens is 426 g/mol. The Morgan fingerprint density at radius 3 is 2.38 bits per heavy atom. The Morgan fingerprint density at radius 2 is 1.62 bits per heavy atom. The van der Waals surface area contributed by atoms with Crippen LogP contribution in [0.3, 0.4) is 0 Å². The molecule has 1 aliphatic rings. The lowest BCUT2D eigenvalue weighted by Gasteiger charge is -2.14. The molecule has 0 saturated carbocycles. The number of fused-ring (bicyclic) bond motifs is 1. The fraction of sp³-hybridized carbons (Fsp3) is 0.0833. The van der Waals surface area contributed by atoms with Gasteiger partial charge in [-0.1, -0.05) is 76.6 Å². The number of rotatable bonds is 3. The summed E-state index contributed by atoms with van der Waals surface area (Å²) in [4.78, 5) is 16.2. The molecule has 4 aromatic rings. The maximum atomic E-state index is 13.2. The number of nitrogens with one attached hydrogen (secondary N) is 2. The Hall–Kier alpha value is -3.18. The largest absolute Gasteiger partial charge is 0.321 e. The third-order valence-electron chi connectivity index (χ3n) is 5.28. The molecule has 5 heteroatoms. The Labute approximate surface area is 176 Å². The van der Waals surface area contributed by atoms with Crippen LogP contribution in [0.25, 0.3) is 22.0 Å². The first-order chi connectivity index (χ1) is 14.2. The van der Waals surface area contributed by atoms with Crippen molar-refractivity contribution in [2.24, 2.45) is 5.10 Å². The molecule has 0 bridgehead atoms. The topological polar surface area (TPSA) is 57.2 Å². The van der Waals surface area contributed by atoms with Crippen LogP contribution in [-0.2, 0) is 0 Å². The number of H-pyrrole nitrogens is 1. The smallest absolute Gasteiger partial charge is 0.258 e. The van der Waals surface area contributed by atoms with E-state index < -0.39 is 0 Å². The molecule has 29 heavy (non-hydrogen) atoms. The van der Waals surface area contributed by atoms with Crippen LogP contribution in [0.5, 0.6) is 0 Å². The van der Waals surface area contributed by atoms with Crippen molar-refractivity contribution in [1.82, 2.24) is 10.4 Å². The van der Waals surface area contributed by atoms with Gasteiger partial charge in [-0.15, -0.1) is 0 Å². The summed E-state index contributed by atoms with van der Waals surface area (Å²) in [7, 11) is 0. The molecule has 5 rings (SSSR count). The van der Waals surface area contributed by atoms with Gasteiger partial charge in [0.15, 0.2) is 0 Å². The lowest BCUT2D eigenvalue weighted by molar-refractivity contribution is 0.620. The monoisotopic (exact) mass is 443 g/mol. The molecule has 4 nitrogen and oxygen atoms in total. The van der Waals surface area contributed by atoms with Crippen molar-refractivity contribution in [1.29, 1.82) is 0 Å². The van der Waals surface area contributed by atoms with Crippen molar-refractivity contribution in [3.8, 4) is 11.1 Å². The molecule has 2 heterocycles. The minimum absolute atomic E-state index is 0.0624. The third kappa shape index (κ3) is 3.28. The zero-order valence-electron chi connectivity index (χ0n) is 15.5. The van der Waals surface area contributed by atoms with Crippen LogP contribution in [0.2, 0.25) is 0 Å². The first-order valence-electron chi connectivity index (χ1n) is 9.49. The Bertz CT molecular complexity index is 1280. The molecule has 142 valence electrons. The predicted molar refractivity (Wildman–Crippen MR) is 121 cm³/mol. The average Bonchev–Trinajstić information content (AvgIpc) is 3.24. The third-order valence-corrected chi connectivity index (χ3v) is 5.78. The van der Waals surface area contributed by atoms with Crippen molar-refractivity contribution in [2.45, 2.75) is 12.5 Å². The van der Waals surface area contributed by atoms with E-state index in [-0.39, 0.29) is 11.6 Å². The highest BCUT2D eigenvalue weighted by molar-refractivity contribution is 9.10. The highest BCUT2D eigenvalue weighted by Crippen LogP contribution is 2.34. The zero-order chi connectivity index (χ0) is 19.8. The molecule has 1 atom stereocenters. The quantitative estimate of drug-likeness (QED) is 0.445. The summed E-state index contributed by atoms with van der Waals surface area (Å²) in [6, 6.07) is 26.2. The second-order valence-electron chi connectivity index (χ2n) is 7.12. The summed E-state index contributed by atoms with van der Waals surface area (Å²) in [5.74, 6) is 0. The van der Waals surface area contributed by atoms with E-state index in [4.69, 9.17) is 0 Å². The van der Waals surface area contributed by atoms with Crippen LogP contribution in [0, 0.1) is 0 Å². The van der Waals surface area contributed by atoms with Crippen LogP contribution in [-0.4, -0.2) is 10.7 Å². The van der Waals surface area contributed by atoms with Crippen LogP contribution < -0.4 is 11.0 Å². The van der Waals surface area contributed by atoms with Crippen LogP contribution >= 0.6 is 15.9 Å². The summed E-state index contributed by atoms with van der Waals surface area (Å²) in [5, 5.41) is 5.57. The molecule has 1 aromatic heterocycles. The average molecular weight is 444 g/mol. The van der Waals surface area contributed by atoms with Gasteiger partial charge in [-0.2, -0.15) is 5.10 Å². The van der Waals surface area contributed by atoms with E-state index in [0.29, 0.717) is 12.0 Å². The van der Waals surface area contributed by atoms with Gasteiger partial charge in [-0.25, -0.2) is 0 Å². The van der Waals surface area contributed by atoms with E-state index >= 15 is 0 Å². The summed E-state index contributed by atoms with van der Waals surface area (Å²) >= 11 is 3.57. The number of nitrogens with zero attached hydrogens (tertiary/aromatic N) is 1. The van der Waals surface area contributed by atoms with Gasteiger partial charge in [0.05, 0.1) is 17.3 Å². The first kappa shape index (κ1) is 17.9. The predicted octanol–water partition coefficient (Wildman–Crippen LogP) is 5.40. The molecule has 0 spiro atoms. The minimum atomic E-state index is -0.118. The van der Waals surface area contributed by atoms with Crippen LogP contribution in [0.15, 0.2) is 93.2 Å². The maximum Gasteiger partial charge on any atom is 0.258 e. The number of pyridine rings is 1. The summed E-state index contributed by atoms with van der Waals surface area (Å²) in [6.45, 7) is 0. The van der Waals surface area contributed by atoms with Crippen molar-refractivity contribution >= 4 is 32.5 Å². The minimum Gasteiger partial charge on any atom is -0.321 e. The number of aromatic nitrogens is 1. The van der Waals surface area contributed by atoms with Crippen LogP contribution in [0.1, 0.15) is 23.6 Å². The van der Waals surface area contributed by atoms with Crippen molar-refractivity contribution in [3.63, 3.8) is 0 Å². The van der Waals surface area contributed by atoms with E-state index in [2.05, 4.69) is 49.6 Å². The first-order valence-corrected chi connectivity index (χ1v) is 10.3. The molecule has 0 fully saturated rings. The van der Waals surface area contributed by atoms with Gasteiger partial charge >= 0.3 is 0 Å². The number of hydrazone groups is 1. The molecule has 0 radical (unpaired) electrons. The van der Waals surface area contributed by atoms with Crippen molar-refractivity contribution in [2.75, 3.05) is 0 Å². The second-order valence-corrected chi connectivity index (χ2v) is 8.03. The fourth-order valence-corrected chi connectivity index (χ4v) is 4.28. The molecule has 2 N–H and O–H groups in total. The van der Waals surface area contributed by atoms with Crippen molar-refractivity contribution in [3.05, 3.63) is 105 Å². The second kappa shape index (κ2) is 7.33. The zero-order valence-corrected chi connectivity index (χ0v) is 17.1. The lowest BCUT2D eigenvalue weighted by Crippen LogP contribution is -2.20. The van der Waals surface area contributed by atoms with Gasteiger partial charge in [-0.05, 0) is 29.3 Å². The van der Waals surface area contributed by atoms with Gasteiger partial charge in [0.2, 0.25) is 0 Å². The SMILES string of the molecule is O=c1[nH]c2ccc(Br)cc2c(-c2ccccc2)c1C1=NNC(c2ccccc2)C1. The van der Waals surface area contributed by atoms with Crippen LogP contribution in [0.4, 0.5) is 0 Å². The van der Waals surface area contributed by atoms with Gasteiger partial charge in [0.1, 0.15) is 0 Å². The van der Waals surface area contributed by atoms with Crippen molar-refractivity contribution < 1.29 is 0 Å². The standard InChI is InChI=1S/C24H18BrN3O/c25-17-11-12-19-18(13-17)22(16-9-5-2-6-10-16)23(24(29)26-19)21-14-20(27-28-21)15-7-3-1-4-8-15/h1-13,20,27H,14H2,(H,26,29). The fourth-order valence-electron chi connectivity index (χ4n) is 3.92. The van der Waals surface area contributed by atoms with Gasteiger partial charge in [-0.3, -0.25) is 4.79 Å². The lowest BCUT2D eigenvalue weighted by atomic mass is 9.91. The summed E-state index contributed by atoms with van der Waals surface area (Å²) in [6.07, 6.45) is 0.659. The number of aromatic amines is 1. The molecule has 0 aliphatic carbocycles. The Balaban J connectivity index is 1.70. The Kier molecular flexibility index (Phi) is 4.52. The Morgan fingerprint density at radius 1 is 0.897 bits per heavy atom. The maximum absolute atomic E-state index is 13.2. The molecule has 0 saturated heterocycles. The molecular formula is C24H18BrN3O. The summed E-state index contributed by atoms with van der Waals surface area (Å²) in [5.41, 5.74) is 8.40. The van der Waals surface area contributed by atoms with E-state index in [1.807, 2.05) is 60.7 Å². The van der Waals surface area contributed by atoms with Gasteiger partial charge in [0, 0.05) is 27.4 Å². The van der Waals surface area contributed by atoms with E-state index in [1.54, 1.807) is 0 Å². The molecule has 0 amide bonds. The van der Waals surface area contributed by atoms with Gasteiger partial charge in [0.25, 0.3) is 5.56 Å². The van der Waals surface area contributed by atoms with E-state index in [0.717, 1.165) is 37.8 Å². The summed E-state index contributed by atoms with van der Waals surface area (Å²) < 4.78 is 0.967. The highest BCUT2D eigenvalue weighted by Gasteiger charge is 2.26. The number of halogens is 1. The van der Waals surface area contributed by atoms with Gasteiger partial charge < -0.3 is 10.4 Å². The highest BCUT2D eigenvalue weighted by atomic mass is 79.9. The number of hydrogen-bond acceptors (Lipinski definition) is 3. The molecule has 1 unspecified atom stereocenters. The molecule has 1 aliphatic heterocycles. The van der Waals surface area contributed by atoms with E-state index in [9.17, 15) is 4.79 Å². The number of hydrogen-bond donors (Lipinski definition) is 2. The normalized spacial score (nSPS) is 15.9. The van der Waals surface area contributed by atoms with E-state index in [1.165, 1.54) is 0 Å². The molecule has 3 aromatic carbocycles.